The quantitative estimate of drug-likeness (QED) is 0.420. The van der Waals surface area contributed by atoms with Gasteiger partial charge < -0.3 is 9.47 Å². The summed E-state index contributed by atoms with van der Waals surface area (Å²) in [5.41, 5.74) is 0.371. The lowest BCUT2D eigenvalue weighted by molar-refractivity contribution is 0.0470. The average Bonchev–Trinajstić information content (AvgIpc) is 2.64. The van der Waals surface area contributed by atoms with E-state index in [4.69, 9.17) is 21.1 Å². The predicted octanol–water partition coefficient (Wildman–Crippen LogP) is 5.77. The Balaban J connectivity index is 1.74. The number of hydrogen-bond acceptors (Lipinski definition) is 3. The van der Waals surface area contributed by atoms with Crippen LogP contribution in [0.15, 0.2) is 66.7 Å². The van der Waals surface area contributed by atoms with Crippen LogP contribution in [0.3, 0.4) is 0 Å². The third-order valence-corrected chi connectivity index (χ3v) is 3.84. The van der Waals surface area contributed by atoms with E-state index in [-0.39, 0.29) is 17.2 Å². The smallest absolute Gasteiger partial charge is 0.340 e. The summed E-state index contributed by atoms with van der Waals surface area (Å²) in [6, 6.07) is 17.6. The first-order chi connectivity index (χ1) is 12.5. The van der Waals surface area contributed by atoms with Gasteiger partial charge in [-0.05, 0) is 30.3 Å². The van der Waals surface area contributed by atoms with Gasteiger partial charge in [-0.25, -0.2) is 13.6 Å². The molecule has 0 aromatic heterocycles. The molecule has 0 atom stereocenters. The summed E-state index contributed by atoms with van der Waals surface area (Å²) in [4.78, 5) is 12.1. The fourth-order valence-electron chi connectivity index (χ4n) is 2.24. The monoisotopic (exact) mass is 374 g/mol. The summed E-state index contributed by atoms with van der Waals surface area (Å²) < 4.78 is 37.4. The normalized spacial score (nSPS) is 10.4. The van der Waals surface area contributed by atoms with Crippen molar-refractivity contribution in [2.45, 2.75) is 6.61 Å². The second-order valence-corrected chi connectivity index (χ2v) is 5.75. The molecule has 0 aliphatic carbocycles. The van der Waals surface area contributed by atoms with Gasteiger partial charge in [0.05, 0.1) is 10.6 Å². The Kier molecular flexibility index (Phi) is 5.49. The van der Waals surface area contributed by atoms with Crippen LogP contribution in [-0.2, 0) is 11.3 Å². The molecule has 0 bridgehead atoms. The Morgan fingerprint density at radius 3 is 2.35 bits per heavy atom. The maximum atomic E-state index is 13.3. The topological polar surface area (TPSA) is 35.5 Å². The first-order valence-corrected chi connectivity index (χ1v) is 8.05. The summed E-state index contributed by atoms with van der Waals surface area (Å²) in [5.74, 6) is -2.01. The number of esters is 1. The zero-order valence-corrected chi connectivity index (χ0v) is 14.2. The van der Waals surface area contributed by atoms with E-state index in [1.165, 1.54) is 0 Å². The molecule has 0 radical (unpaired) electrons. The highest BCUT2D eigenvalue weighted by atomic mass is 35.5. The maximum Gasteiger partial charge on any atom is 0.340 e. The number of carbonyl (C=O) groups excluding carboxylic acids is 1. The molecule has 3 nitrogen and oxygen atoms in total. The van der Waals surface area contributed by atoms with Gasteiger partial charge in [-0.15, -0.1) is 0 Å². The maximum absolute atomic E-state index is 13.3. The molecule has 132 valence electrons. The Morgan fingerprint density at radius 1 is 0.923 bits per heavy atom. The van der Waals surface area contributed by atoms with E-state index >= 15 is 0 Å². The highest BCUT2D eigenvalue weighted by molar-refractivity contribution is 6.33. The van der Waals surface area contributed by atoms with E-state index in [1.807, 2.05) is 18.2 Å². The number of benzene rings is 3. The van der Waals surface area contributed by atoms with Gasteiger partial charge in [0.1, 0.15) is 18.1 Å². The van der Waals surface area contributed by atoms with Gasteiger partial charge in [-0.3, -0.25) is 0 Å². The average molecular weight is 375 g/mol. The van der Waals surface area contributed by atoms with Crippen molar-refractivity contribution in [2.75, 3.05) is 0 Å². The van der Waals surface area contributed by atoms with Crippen molar-refractivity contribution in [3.8, 4) is 11.5 Å². The van der Waals surface area contributed by atoms with Gasteiger partial charge in [0, 0.05) is 5.56 Å². The van der Waals surface area contributed by atoms with E-state index < -0.39 is 17.6 Å². The minimum absolute atomic E-state index is 0.114. The van der Waals surface area contributed by atoms with Gasteiger partial charge in [0.25, 0.3) is 0 Å². The molecular weight excluding hydrogens is 362 g/mol. The summed E-state index contributed by atoms with van der Waals surface area (Å²) in [6.07, 6.45) is 0. The zero-order valence-electron chi connectivity index (χ0n) is 13.4. The van der Waals surface area contributed by atoms with E-state index in [1.54, 1.807) is 36.4 Å². The van der Waals surface area contributed by atoms with Crippen molar-refractivity contribution < 1.29 is 23.0 Å². The SMILES string of the molecule is O=C(OCc1ccccc1Oc1ccccc1)c1cc(F)c(F)cc1Cl. The molecule has 0 spiro atoms. The van der Waals surface area contributed by atoms with Crippen LogP contribution in [0.5, 0.6) is 11.5 Å². The zero-order chi connectivity index (χ0) is 18.5. The number of hydrogen-bond donors (Lipinski definition) is 0. The van der Waals surface area contributed by atoms with E-state index in [0.29, 0.717) is 23.1 Å². The Hall–Kier alpha value is -2.92. The van der Waals surface area contributed by atoms with Crippen LogP contribution in [0.4, 0.5) is 8.78 Å². The lowest BCUT2D eigenvalue weighted by Crippen LogP contribution is -2.08. The molecule has 0 saturated heterocycles. The van der Waals surface area contributed by atoms with Crippen molar-refractivity contribution in [1.82, 2.24) is 0 Å². The Bertz CT molecular complexity index is 930. The summed E-state index contributed by atoms with van der Waals surface area (Å²) in [5, 5.41) is -0.220. The van der Waals surface area contributed by atoms with E-state index in [0.717, 1.165) is 6.07 Å². The summed E-state index contributed by atoms with van der Waals surface area (Å²) in [7, 11) is 0. The minimum Gasteiger partial charge on any atom is -0.457 e. The number of ether oxygens (including phenoxy) is 2. The second-order valence-electron chi connectivity index (χ2n) is 5.35. The van der Waals surface area contributed by atoms with Crippen LogP contribution in [0, 0.1) is 11.6 Å². The summed E-state index contributed by atoms with van der Waals surface area (Å²) in [6.45, 7) is -0.114. The molecule has 3 aromatic carbocycles. The lowest BCUT2D eigenvalue weighted by atomic mass is 10.2. The lowest BCUT2D eigenvalue weighted by Gasteiger charge is -2.12. The molecule has 0 aliphatic rings. The van der Waals surface area contributed by atoms with Crippen LogP contribution in [0.2, 0.25) is 5.02 Å². The molecule has 0 heterocycles. The Labute approximate surface area is 153 Å². The van der Waals surface area contributed by atoms with E-state index in [9.17, 15) is 13.6 Å². The number of carbonyl (C=O) groups is 1. The molecule has 3 rings (SSSR count). The van der Waals surface area contributed by atoms with Gasteiger partial charge >= 0.3 is 5.97 Å². The van der Waals surface area contributed by atoms with Gasteiger partial charge in [0.2, 0.25) is 0 Å². The van der Waals surface area contributed by atoms with Crippen molar-refractivity contribution in [1.29, 1.82) is 0 Å². The van der Waals surface area contributed by atoms with Crippen LogP contribution in [0.1, 0.15) is 15.9 Å². The van der Waals surface area contributed by atoms with Crippen molar-refractivity contribution in [2.24, 2.45) is 0 Å². The second kappa shape index (κ2) is 7.97. The Morgan fingerprint density at radius 2 is 1.58 bits per heavy atom. The van der Waals surface area contributed by atoms with Gasteiger partial charge in [-0.1, -0.05) is 48.0 Å². The van der Waals surface area contributed by atoms with Crippen LogP contribution < -0.4 is 4.74 Å². The molecule has 0 fully saturated rings. The van der Waals surface area contributed by atoms with Gasteiger partial charge in [0.15, 0.2) is 11.6 Å². The fraction of sp³-hybridized carbons (Fsp3) is 0.0500. The predicted molar refractivity (Wildman–Crippen MR) is 93.4 cm³/mol. The minimum atomic E-state index is -1.17. The molecular formula is C20H13ClF2O3. The van der Waals surface area contributed by atoms with Crippen molar-refractivity contribution >= 4 is 17.6 Å². The fourth-order valence-corrected chi connectivity index (χ4v) is 2.47. The number of halogens is 3. The molecule has 0 unspecified atom stereocenters. The molecule has 6 heteroatoms. The van der Waals surface area contributed by atoms with E-state index in [2.05, 4.69) is 0 Å². The molecule has 0 N–H and O–H groups in total. The number of para-hydroxylation sites is 2. The molecule has 26 heavy (non-hydrogen) atoms. The van der Waals surface area contributed by atoms with Crippen LogP contribution in [-0.4, -0.2) is 5.97 Å². The van der Waals surface area contributed by atoms with Crippen molar-refractivity contribution in [3.63, 3.8) is 0 Å². The molecule has 0 aliphatic heterocycles. The van der Waals surface area contributed by atoms with Crippen LogP contribution >= 0.6 is 11.6 Å². The van der Waals surface area contributed by atoms with Gasteiger partial charge in [-0.2, -0.15) is 0 Å². The van der Waals surface area contributed by atoms with Crippen molar-refractivity contribution in [3.05, 3.63) is 94.5 Å². The highest BCUT2D eigenvalue weighted by Crippen LogP contribution is 2.26. The highest BCUT2D eigenvalue weighted by Gasteiger charge is 2.17. The molecule has 0 amide bonds. The molecule has 3 aromatic rings. The molecule has 0 saturated carbocycles. The first kappa shape index (κ1) is 17.9. The standard InChI is InChI=1S/C20H13ClF2O3/c21-16-11-18(23)17(22)10-15(16)20(24)25-12-13-6-4-5-9-19(13)26-14-7-2-1-3-8-14/h1-11H,12H2. The number of rotatable bonds is 5. The largest absolute Gasteiger partial charge is 0.457 e. The van der Waals surface area contributed by atoms with Crippen LogP contribution in [0.25, 0.3) is 0 Å². The third kappa shape index (κ3) is 4.18. The summed E-state index contributed by atoms with van der Waals surface area (Å²) >= 11 is 5.78. The first-order valence-electron chi connectivity index (χ1n) is 7.67. The third-order valence-electron chi connectivity index (χ3n) is 3.53.